The number of hydrogen-bond acceptors (Lipinski definition) is 6. The fourth-order valence-electron chi connectivity index (χ4n) is 3.10. The molecule has 1 fully saturated rings. The first-order valence-electron chi connectivity index (χ1n) is 7.78. The van der Waals surface area contributed by atoms with Gasteiger partial charge in [0.25, 0.3) is 5.91 Å². The molecule has 120 valence electrons. The van der Waals surface area contributed by atoms with Gasteiger partial charge in [-0.1, -0.05) is 0 Å². The van der Waals surface area contributed by atoms with Crippen LogP contribution < -0.4 is 4.90 Å². The van der Waals surface area contributed by atoms with Crippen LogP contribution in [-0.4, -0.2) is 53.1 Å². The van der Waals surface area contributed by atoms with Crippen molar-refractivity contribution in [2.24, 2.45) is 0 Å². The Labute approximate surface area is 138 Å². The molecule has 1 amide bonds. The van der Waals surface area contributed by atoms with Crippen LogP contribution in [0.4, 0.5) is 5.82 Å². The lowest BCUT2D eigenvalue weighted by Crippen LogP contribution is -2.52. The predicted molar refractivity (Wildman–Crippen MR) is 87.4 cm³/mol. The number of carbonyl (C=O) groups is 1. The number of aromatic nitrogens is 2. The SMILES string of the molecule is O=C(C1CN(c2cnccn2)CCO1)N1CCc2sccc2C1. The van der Waals surface area contributed by atoms with Crippen molar-refractivity contribution in [1.29, 1.82) is 0 Å². The third kappa shape index (κ3) is 2.94. The summed E-state index contributed by atoms with van der Waals surface area (Å²) in [5, 5.41) is 2.10. The first kappa shape index (κ1) is 14.6. The van der Waals surface area contributed by atoms with E-state index in [9.17, 15) is 4.79 Å². The highest BCUT2D eigenvalue weighted by Crippen LogP contribution is 2.25. The summed E-state index contributed by atoms with van der Waals surface area (Å²) in [6.45, 7) is 3.27. The third-order valence-electron chi connectivity index (χ3n) is 4.33. The Bertz CT molecular complexity index is 690. The van der Waals surface area contributed by atoms with Crippen LogP contribution in [0.1, 0.15) is 10.4 Å². The van der Waals surface area contributed by atoms with E-state index in [4.69, 9.17) is 4.74 Å². The van der Waals surface area contributed by atoms with Gasteiger partial charge in [0.15, 0.2) is 6.10 Å². The molecule has 0 bridgehead atoms. The molecule has 0 N–H and O–H groups in total. The van der Waals surface area contributed by atoms with E-state index >= 15 is 0 Å². The first-order chi connectivity index (χ1) is 11.3. The summed E-state index contributed by atoms with van der Waals surface area (Å²) in [6, 6.07) is 2.12. The van der Waals surface area contributed by atoms with E-state index < -0.39 is 6.10 Å². The molecule has 2 aromatic heterocycles. The maximum Gasteiger partial charge on any atom is 0.253 e. The molecule has 0 spiro atoms. The molecule has 7 heteroatoms. The highest BCUT2D eigenvalue weighted by atomic mass is 32.1. The van der Waals surface area contributed by atoms with Gasteiger partial charge in [-0.15, -0.1) is 11.3 Å². The van der Waals surface area contributed by atoms with E-state index in [0.29, 0.717) is 19.7 Å². The van der Waals surface area contributed by atoms with Crippen molar-refractivity contribution in [1.82, 2.24) is 14.9 Å². The van der Waals surface area contributed by atoms with E-state index in [1.807, 2.05) is 4.90 Å². The number of morpholine rings is 1. The Morgan fingerprint density at radius 2 is 2.30 bits per heavy atom. The van der Waals surface area contributed by atoms with Gasteiger partial charge in [-0.25, -0.2) is 4.98 Å². The van der Waals surface area contributed by atoms with Gasteiger partial charge in [-0.05, 0) is 23.4 Å². The van der Waals surface area contributed by atoms with Gasteiger partial charge in [0.05, 0.1) is 19.3 Å². The van der Waals surface area contributed by atoms with Crippen LogP contribution in [0.3, 0.4) is 0 Å². The summed E-state index contributed by atoms with van der Waals surface area (Å²) in [5.74, 6) is 0.878. The number of fused-ring (bicyclic) bond motifs is 1. The summed E-state index contributed by atoms with van der Waals surface area (Å²) in [6.07, 6.45) is 5.57. The highest BCUT2D eigenvalue weighted by Gasteiger charge is 2.32. The number of carbonyl (C=O) groups excluding carboxylic acids is 1. The van der Waals surface area contributed by atoms with Crippen molar-refractivity contribution in [3.8, 4) is 0 Å². The van der Waals surface area contributed by atoms with Crippen LogP contribution >= 0.6 is 11.3 Å². The zero-order valence-electron chi connectivity index (χ0n) is 12.7. The molecule has 0 aliphatic carbocycles. The van der Waals surface area contributed by atoms with Crippen LogP contribution in [0.2, 0.25) is 0 Å². The molecule has 1 unspecified atom stereocenters. The molecule has 2 aliphatic rings. The molecular weight excluding hydrogens is 312 g/mol. The van der Waals surface area contributed by atoms with Gasteiger partial charge in [-0.2, -0.15) is 0 Å². The van der Waals surface area contributed by atoms with E-state index in [-0.39, 0.29) is 5.91 Å². The molecule has 0 radical (unpaired) electrons. The smallest absolute Gasteiger partial charge is 0.253 e. The Hall–Kier alpha value is -1.99. The van der Waals surface area contributed by atoms with Crippen LogP contribution in [-0.2, 0) is 22.5 Å². The summed E-state index contributed by atoms with van der Waals surface area (Å²) >= 11 is 1.78. The zero-order chi connectivity index (χ0) is 15.6. The number of anilines is 1. The highest BCUT2D eigenvalue weighted by molar-refractivity contribution is 7.10. The fourth-order valence-corrected chi connectivity index (χ4v) is 3.99. The summed E-state index contributed by atoms with van der Waals surface area (Å²) in [4.78, 5) is 26.6. The van der Waals surface area contributed by atoms with Gasteiger partial charge in [-0.3, -0.25) is 9.78 Å². The van der Waals surface area contributed by atoms with Gasteiger partial charge < -0.3 is 14.5 Å². The number of thiophene rings is 1. The standard InChI is InChI=1S/C16H18N4O2S/c21-16(20-5-1-14-12(10-20)2-8-23-14)13-11-19(6-7-22-13)15-9-17-3-4-18-15/h2-4,8-9,13H,1,5-7,10-11H2. The lowest BCUT2D eigenvalue weighted by molar-refractivity contribution is -0.145. The van der Waals surface area contributed by atoms with Gasteiger partial charge in [0, 0.05) is 36.9 Å². The monoisotopic (exact) mass is 330 g/mol. The summed E-state index contributed by atoms with van der Waals surface area (Å²) < 4.78 is 5.74. The Balaban J connectivity index is 1.44. The number of amides is 1. The first-order valence-corrected chi connectivity index (χ1v) is 8.66. The topological polar surface area (TPSA) is 58.6 Å². The Kier molecular flexibility index (Phi) is 3.97. The second kappa shape index (κ2) is 6.25. The van der Waals surface area contributed by atoms with Crippen LogP contribution in [0.5, 0.6) is 0 Å². The molecule has 0 saturated carbocycles. The molecule has 4 rings (SSSR count). The van der Waals surface area contributed by atoms with Crippen molar-refractivity contribution < 1.29 is 9.53 Å². The van der Waals surface area contributed by atoms with Gasteiger partial charge in [0.2, 0.25) is 0 Å². The lowest BCUT2D eigenvalue weighted by Gasteiger charge is -2.36. The van der Waals surface area contributed by atoms with Crippen molar-refractivity contribution in [2.75, 3.05) is 31.1 Å². The van der Waals surface area contributed by atoms with Gasteiger partial charge >= 0.3 is 0 Å². The van der Waals surface area contributed by atoms with Crippen molar-refractivity contribution in [3.05, 3.63) is 40.5 Å². The molecule has 1 saturated heterocycles. The lowest BCUT2D eigenvalue weighted by atomic mass is 10.1. The van der Waals surface area contributed by atoms with Crippen LogP contribution in [0, 0.1) is 0 Å². The number of nitrogens with zero attached hydrogens (tertiary/aromatic N) is 4. The molecule has 4 heterocycles. The van der Waals surface area contributed by atoms with E-state index in [1.165, 1.54) is 10.4 Å². The largest absolute Gasteiger partial charge is 0.365 e. The van der Waals surface area contributed by atoms with E-state index in [2.05, 4.69) is 26.3 Å². The third-order valence-corrected chi connectivity index (χ3v) is 5.36. The quantitative estimate of drug-likeness (QED) is 0.831. The average Bonchev–Trinajstić information content (AvgIpc) is 3.09. The van der Waals surface area contributed by atoms with Crippen molar-refractivity contribution in [2.45, 2.75) is 19.1 Å². The number of ether oxygens (including phenoxy) is 1. The minimum atomic E-state index is -0.425. The van der Waals surface area contributed by atoms with Crippen LogP contribution in [0.25, 0.3) is 0 Å². The number of hydrogen-bond donors (Lipinski definition) is 0. The average molecular weight is 330 g/mol. The van der Waals surface area contributed by atoms with Crippen molar-refractivity contribution in [3.63, 3.8) is 0 Å². The van der Waals surface area contributed by atoms with E-state index in [0.717, 1.165) is 25.3 Å². The molecule has 0 aromatic carbocycles. The Morgan fingerprint density at radius 3 is 3.17 bits per heavy atom. The number of rotatable bonds is 2. The predicted octanol–water partition coefficient (Wildman–Crippen LogP) is 1.33. The van der Waals surface area contributed by atoms with Crippen molar-refractivity contribution >= 4 is 23.1 Å². The molecule has 2 aliphatic heterocycles. The normalized spacial score (nSPS) is 21.1. The maximum absolute atomic E-state index is 12.8. The summed E-state index contributed by atoms with van der Waals surface area (Å²) in [5.41, 5.74) is 1.27. The molecular formula is C16H18N4O2S. The van der Waals surface area contributed by atoms with E-state index in [1.54, 1.807) is 29.9 Å². The minimum absolute atomic E-state index is 0.0791. The second-order valence-corrected chi connectivity index (χ2v) is 6.75. The fraction of sp³-hybridized carbons (Fsp3) is 0.438. The second-order valence-electron chi connectivity index (χ2n) is 5.75. The van der Waals surface area contributed by atoms with Crippen LogP contribution in [0.15, 0.2) is 30.0 Å². The minimum Gasteiger partial charge on any atom is -0.365 e. The molecule has 1 atom stereocenters. The molecule has 2 aromatic rings. The molecule has 6 nitrogen and oxygen atoms in total. The zero-order valence-corrected chi connectivity index (χ0v) is 13.5. The molecule has 23 heavy (non-hydrogen) atoms. The Morgan fingerprint density at radius 1 is 1.35 bits per heavy atom. The maximum atomic E-state index is 12.8. The summed E-state index contributed by atoms with van der Waals surface area (Å²) in [7, 11) is 0. The van der Waals surface area contributed by atoms with Gasteiger partial charge in [0.1, 0.15) is 5.82 Å².